The number of carbonyl (C=O) groups is 1. The fourth-order valence-electron chi connectivity index (χ4n) is 3.95. The van der Waals surface area contributed by atoms with Gasteiger partial charge in [0.25, 0.3) is 6.01 Å². The zero-order chi connectivity index (χ0) is 24.0. The van der Waals surface area contributed by atoms with Gasteiger partial charge in [-0.15, -0.1) is 0 Å². The first kappa shape index (κ1) is 21.4. The summed E-state index contributed by atoms with van der Waals surface area (Å²) in [7, 11) is 0. The summed E-state index contributed by atoms with van der Waals surface area (Å²) in [6.45, 7) is 1.70. The average molecular weight is 465 g/mol. The Balaban J connectivity index is 1.88. The van der Waals surface area contributed by atoms with E-state index in [4.69, 9.17) is 19.3 Å². The van der Waals surface area contributed by atoms with E-state index in [1.165, 1.54) is 59.2 Å². The van der Waals surface area contributed by atoms with Crippen LogP contribution in [-0.2, 0) is 9.53 Å². The number of carbonyl (C=O) groups excluding carboxylic acids is 1. The Morgan fingerprint density at radius 2 is 1.76 bits per heavy atom. The van der Waals surface area contributed by atoms with Crippen molar-refractivity contribution in [2.45, 2.75) is 12.8 Å². The van der Waals surface area contributed by atoms with Crippen molar-refractivity contribution in [3.05, 3.63) is 98.3 Å². The van der Waals surface area contributed by atoms with Crippen molar-refractivity contribution in [2.75, 3.05) is 12.3 Å². The second-order valence-electron chi connectivity index (χ2n) is 7.47. The molecule has 0 unspecified atom stereocenters. The maximum absolute atomic E-state index is 13.6. The molecule has 0 saturated carbocycles. The number of hydrogen-bond acceptors (Lipinski definition) is 7. The van der Waals surface area contributed by atoms with E-state index in [2.05, 4.69) is 4.98 Å². The predicted molar refractivity (Wildman–Crippen MR) is 116 cm³/mol. The highest BCUT2D eigenvalue weighted by molar-refractivity contribution is 6.12. The van der Waals surface area contributed by atoms with E-state index in [9.17, 15) is 18.4 Å². The van der Waals surface area contributed by atoms with Crippen molar-refractivity contribution in [3.8, 4) is 5.88 Å². The highest BCUT2D eigenvalue weighted by Gasteiger charge is 2.39. The molecule has 4 aromatic rings. The molecule has 0 spiro atoms. The van der Waals surface area contributed by atoms with Gasteiger partial charge >= 0.3 is 11.6 Å². The van der Waals surface area contributed by atoms with Crippen LogP contribution in [0.25, 0.3) is 17.5 Å². The van der Waals surface area contributed by atoms with Gasteiger partial charge in [0.2, 0.25) is 11.4 Å². The molecule has 10 heteroatoms. The molecule has 2 aromatic carbocycles. The standard InChI is InChI=1S/C24H17F2N3O5/c1-2-32-23(31)18-17(13-5-9-15(26)10-6-13)19-21(34-24(27)28-19)29-16(22(30)33-20(18)29)11-12-3-7-14(25)8-4-12/h3-11,17H,2H2,1H3,(H2,27,28)/b16-11+/t17-/m0/s1. The number of esters is 1. The normalized spacial score (nSPS) is 15.2. The van der Waals surface area contributed by atoms with Gasteiger partial charge in [0.05, 0.1) is 12.5 Å². The van der Waals surface area contributed by atoms with Gasteiger partial charge in [0.15, 0.2) is 0 Å². The van der Waals surface area contributed by atoms with Crippen molar-refractivity contribution in [2.24, 2.45) is 0 Å². The predicted octanol–water partition coefficient (Wildman–Crippen LogP) is 1.97. The zero-order valence-electron chi connectivity index (χ0n) is 17.7. The largest absolute Gasteiger partial charge is 0.462 e. The van der Waals surface area contributed by atoms with Crippen LogP contribution in [0.2, 0.25) is 0 Å². The van der Waals surface area contributed by atoms with Gasteiger partial charge in [0, 0.05) is 0 Å². The second kappa shape index (κ2) is 8.14. The highest BCUT2D eigenvalue weighted by atomic mass is 19.1. The summed E-state index contributed by atoms with van der Waals surface area (Å²) in [5.41, 5.74) is 6.13. The number of anilines is 1. The van der Waals surface area contributed by atoms with Crippen LogP contribution < -0.4 is 22.3 Å². The number of aromatic nitrogens is 2. The third-order valence-corrected chi connectivity index (χ3v) is 5.36. The third-order valence-electron chi connectivity index (χ3n) is 5.36. The fraction of sp³-hybridized carbons (Fsp3) is 0.125. The molecular weight excluding hydrogens is 448 g/mol. The summed E-state index contributed by atoms with van der Waals surface area (Å²) in [5, 5.41) is -0.00152. The molecular formula is C24H17F2N3O5. The summed E-state index contributed by atoms with van der Waals surface area (Å²) in [6.07, 6.45) is 1.46. The van der Waals surface area contributed by atoms with Crippen molar-refractivity contribution >= 4 is 23.6 Å². The number of ether oxygens (including phenoxy) is 1. The number of nitrogen functional groups attached to an aromatic ring is 1. The number of rotatable bonds is 4. The second-order valence-corrected chi connectivity index (χ2v) is 7.47. The molecule has 1 aliphatic rings. The molecule has 2 N–H and O–H groups in total. The molecule has 1 atom stereocenters. The van der Waals surface area contributed by atoms with Crippen LogP contribution in [0.15, 0.2) is 62.2 Å². The fourth-order valence-corrected chi connectivity index (χ4v) is 3.95. The van der Waals surface area contributed by atoms with Crippen LogP contribution in [0.3, 0.4) is 0 Å². The maximum atomic E-state index is 13.6. The highest BCUT2D eigenvalue weighted by Crippen LogP contribution is 2.38. The molecule has 0 bridgehead atoms. The molecule has 3 heterocycles. The lowest BCUT2D eigenvalue weighted by Crippen LogP contribution is -2.37. The van der Waals surface area contributed by atoms with E-state index in [-0.39, 0.29) is 40.7 Å². The minimum Gasteiger partial charge on any atom is -0.462 e. The van der Waals surface area contributed by atoms with Crippen LogP contribution in [0, 0.1) is 11.6 Å². The van der Waals surface area contributed by atoms with E-state index in [0.29, 0.717) is 11.1 Å². The van der Waals surface area contributed by atoms with E-state index < -0.39 is 29.1 Å². The number of benzene rings is 2. The first-order chi connectivity index (χ1) is 16.4. The molecule has 34 heavy (non-hydrogen) atoms. The first-order valence-corrected chi connectivity index (χ1v) is 10.3. The summed E-state index contributed by atoms with van der Waals surface area (Å²) in [4.78, 5) is 30.3. The molecule has 0 aliphatic carbocycles. The average Bonchev–Trinajstić information content (AvgIpc) is 3.34. The Morgan fingerprint density at radius 1 is 1.12 bits per heavy atom. The number of nitrogens with zero attached hydrogens (tertiary/aromatic N) is 2. The van der Waals surface area contributed by atoms with Gasteiger partial charge in [-0.3, -0.25) is 0 Å². The Labute approximate surface area is 190 Å². The lowest BCUT2D eigenvalue weighted by atomic mass is 9.87. The molecule has 0 amide bonds. The van der Waals surface area contributed by atoms with E-state index in [0.717, 1.165) is 0 Å². The lowest BCUT2D eigenvalue weighted by Gasteiger charge is -2.21. The van der Waals surface area contributed by atoms with Crippen molar-refractivity contribution in [3.63, 3.8) is 0 Å². The van der Waals surface area contributed by atoms with E-state index in [1.807, 2.05) is 0 Å². The monoisotopic (exact) mass is 465 g/mol. The van der Waals surface area contributed by atoms with Crippen molar-refractivity contribution in [1.29, 1.82) is 0 Å². The minimum absolute atomic E-state index is 0.00152. The molecule has 0 saturated heterocycles. The van der Waals surface area contributed by atoms with Crippen LogP contribution >= 0.6 is 0 Å². The van der Waals surface area contributed by atoms with Crippen molar-refractivity contribution < 1.29 is 27.1 Å². The van der Waals surface area contributed by atoms with Gasteiger partial charge in [-0.2, -0.15) is 4.98 Å². The maximum Gasteiger partial charge on any atom is 0.362 e. The SMILES string of the molecule is CCOC(=O)C1=c2oc(=O)/c(=C\c3ccc(F)cc3)n2-c2oc(N)nc2[C@H]1c1ccc(F)cc1. The number of hydrogen-bond donors (Lipinski definition) is 1. The van der Waals surface area contributed by atoms with Crippen molar-refractivity contribution in [1.82, 2.24) is 9.55 Å². The van der Waals surface area contributed by atoms with E-state index >= 15 is 0 Å². The molecule has 2 aromatic heterocycles. The van der Waals surface area contributed by atoms with Gasteiger partial charge in [-0.05, 0) is 48.4 Å². The first-order valence-electron chi connectivity index (χ1n) is 10.3. The Hall–Kier alpha value is -4.47. The summed E-state index contributed by atoms with van der Waals surface area (Å²) >= 11 is 0. The number of nitrogens with two attached hydrogens (primary N) is 1. The lowest BCUT2D eigenvalue weighted by molar-refractivity contribution is -0.136. The number of fused-ring (bicyclic) bond motifs is 3. The summed E-state index contributed by atoms with van der Waals surface area (Å²) in [5.74, 6) is -2.50. The van der Waals surface area contributed by atoms with Crippen LogP contribution in [0.4, 0.5) is 14.8 Å². The molecule has 8 nitrogen and oxygen atoms in total. The van der Waals surface area contributed by atoms with Gasteiger partial charge in [-0.25, -0.2) is 22.9 Å². The summed E-state index contributed by atoms with van der Waals surface area (Å²) in [6, 6.07) is 10.7. The smallest absolute Gasteiger partial charge is 0.362 e. The zero-order valence-corrected chi connectivity index (χ0v) is 17.7. The van der Waals surface area contributed by atoms with Crippen LogP contribution in [0.1, 0.15) is 29.7 Å². The molecule has 1 aliphatic heterocycles. The summed E-state index contributed by atoms with van der Waals surface area (Å²) < 4.78 is 44.6. The minimum atomic E-state index is -0.903. The number of halogens is 2. The van der Waals surface area contributed by atoms with Crippen LogP contribution in [-0.4, -0.2) is 22.1 Å². The Bertz CT molecular complexity index is 1580. The quantitative estimate of drug-likeness (QED) is 0.459. The van der Waals surface area contributed by atoms with Crippen LogP contribution in [0.5, 0.6) is 0 Å². The molecule has 5 rings (SSSR count). The van der Waals surface area contributed by atoms with Gasteiger partial charge in [-0.1, -0.05) is 24.3 Å². The van der Waals surface area contributed by atoms with Gasteiger partial charge < -0.3 is 19.3 Å². The Kier molecular flexibility index (Phi) is 5.12. The molecule has 172 valence electrons. The third kappa shape index (κ3) is 3.49. The molecule has 0 fully saturated rings. The van der Waals surface area contributed by atoms with E-state index in [1.54, 1.807) is 6.92 Å². The molecule has 0 radical (unpaired) electrons. The Morgan fingerprint density at radius 3 is 2.41 bits per heavy atom. The number of oxazole rings is 2. The van der Waals surface area contributed by atoms with Gasteiger partial charge in [0.1, 0.15) is 28.3 Å². The topological polar surface area (TPSA) is 113 Å².